The van der Waals surface area contributed by atoms with Crippen LogP contribution < -0.4 is 10.9 Å². The van der Waals surface area contributed by atoms with E-state index in [0.717, 1.165) is 57.6 Å². The largest absolute Gasteiger partial charge is 0.338 e. The van der Waals surface area contributed by atoms with Crippen LogP contribution in [0.1, 0.15) is 60.3 Å². The molecule has 0 radical (unpaired) electrons. The molecule has 0 spiro atoms. The third-order valence-corrected chi connectivity index (χ3v) is 5.87. The highest BCUT2D eigenvalue weighted by Crippen LogP contribution is 2.27. The molecular formula is C19H28ClN5O2. The Kier molecular flexibility index (Phi) is 5.91. The van der Waals surface area contributed by atoms with Gasteiger partial charge in [-0.05, 0) is 51.6 Å². The lowest BCUT2D eigenvalue weighted by molar-refractivity contribution is 0.0698. The number of H-pyrrole nitrogens is 1. The molecule has 2 N–H and O–H groups in total. The quantitative estimate of drug-likeness (QED) is 0.818. The van der Waals surface area contributed by atoms with Gasteiger partial charge in [-0.15, -0.1) is 12.4 Å². The Morgan fingerprint density at radius 1 is 1.19 bits per heavy atom. The molecule has 0 saturated carbocycles. The van der Waals surface area contributed by atoms with Gasteiger partial charge in [0.05, 0.1) is 11.4 Å². The van der Waals surface area contributed by atoms with E-state index in [1.165, 1.54) is 0 Å². The minimum Gasteiger partial charge on any atom is -0.338 e. The van der Waals surface area contributed by atoms with Crippen molar-refractivity contribution in [2.45, 2.75) is 45.4 Å². The second kappa shape index (κ2) is 8.02. The maximum absolute atomic E-state index is 13.1. The third-order valence-electron chi connectivity index (χ3n) is 5.87. The van der Waals surface area contributed by atoms with Gasteiger partial charge in [0.25, 0.3) is 11.5 Å². The number of piperidine rings is 2. The summed E-state index contributed by atoms with van der Waals surface area (Å²) in [6.07, 6.45) is 4.01. The zero-order valence-corrected chi connectivity index (χ0v) is 16.8. The Hall–Kier alpha value is -1.86. The smallest absolute Gasteiger partial charge is 0.259 e. The number of fused-ring (bicyclic) bond motifs is 1. The predicted molar refractivity (Wildman–Crippen MR) is 107 cm³/mol. The lowest BCUT2D eigenvalue weighted by Gasteiger charge is -2.30. The summed E-state index contributed by atoms with van der Waals surface area (Å²) in [6.45, 7) is 7.51. The van der Waals surface area contributed by atoms with E-state index >= 15 is 0 Å². The first-order chi connectivity index (χ1) is 12.5. The second-order valence-corrected chi connectivity index (χ2v) is 7.78. The number of halogens is 1. The predicted octanol–water partition coefficient (Wildman–Crippen LogP) is 2.09. The fourth-order valence-electron chi connectivity index (χ4n) is 4.21. The van der Waals surface area contributed by atoms with Crippen molar-refractivity contribution in [1.82, 2.24) is 24.8 Å². The number of hydrogen-bond acceptors (Lipinski definition) is 4. The number of amides is 1. The van der Waals surface area contributed by atoms with Crippen LogP contribution in [-0.2, 0) is 0 Å². The topological polar surface area (TPSA) is 82.5 Å². The maximum Gasteiger partial charge on any atom is 0.259 e. The van der Waals surface area contributed by atoms with Crippen molar-refractivity contribution in [3.63, 3.8) is 0 Å². The minimum absolute atomic E-state index is 0. The number of carbonyl (C=O) groups excluding carboxylic acids is 1. The van der Waals surface area contributed by atoms with Gasteiger partial charge in [-0.3, -0.25) is 9.59 Å². The first-order valence-corrected chi connectivity index (χ1v) is 9.67. The highest BCUT2D eigenvalue weighted by Gasteiger charge is 2.28. The lowest BCUT2D eigenvalue weighted by Crippen LogP contribution is -2.38. The summed E-state index contributed by atoms with van der Waals surface area (Å²) >= 11 is 0. The Bertz CT molecular complexity index is 876. The SMILES string of the molecule is Cc1nn2c(C3CCNCC3)cc(=O)[nH]c2c1C(=O)N1CCC(C)CC1.Cl. The number of aromatic amines is 1. The molecule has 2 aliphatic rings. The van der Waals surface area contributed by atoms with Gasteiger partial charge in [0.15, 0.2) is 0 Å². The van der Waals surface area contributed by atoms with Crippen LogP contribution >= 0.6 is 12.4 Å². The molecule has 2 aromatic heterocycles. The number of hydrogen-bond donors (Lipinski definition) is 2. The normalized spacial score (nSPS) is 19.3. The molecule has 4 rings (SSSR count). The van der Waals surface area contributed by atoms with Crippen LogP contribution in [0.3, 0.4) is 0 Å². The van der Waals surface area contributed by atoms with E-state index in [-0.39, 0.29) is 23.9 Å². The lowest BCUT2D eigenvalue weighted by atomic mass is 9.94. The summed E-state index contributed by atoms with van der Waals surface area (Å²) in [5.74, 6) is 0.942. The number of aromatic nitrogens is 3. The van der Waals surface area contributed by atoms with Crippen molar-refractivity contribution in [2.24, 2.45) is 5.92 Å². The van der Waals surface area contributed by atoms with E-state index in [9.17, 15) is 9.59 Å². The first kappa shape index (κ1) is 19.9. The number of nitrogens with one attached hydrogen (secondary N) is 2. The van der Waals surface area contributed by atoms with Crippen molar-refractivity contribution in [1.29, 1.82) is 0 Å². The molecule has 2 fully saturated rings. The molecule has 2 saturated heterocycles. The average Bonchev–Trinajstić information content (AvgIpc) is 2.97. The Morgan fingerprint density at radius 3 is 2.52 bits per heavy atom. The third kappa shape index (κ3) is 3.75. The van der Waals surface area contributed by atoms with Crippen LogP contribution in [0.15, 0.2) is 10.9 Å². The van der Waals surface area contributed by atoms with Crippen LogP contribution in [0.5, 0.6) is 0 Å². The zero-order valence-electron chi connectivity index (χ0n) is 16.0. The second-order valence-electron chi connectivity index (χ2n) is 7.78. The Morgan fingerprint density at radius 2 is 1.85 bits per heavy atom. The van der Waals surface area contributed by atoms with Gasteiger partial charge in [0.2, 0.25) is 0 Å². The highest BCUT2D eigenvalue weighted by molar-refractivity contribution is 6.01. The summed E-state index contributed by atoms with van der Waals surface area (Å²) in [7, 11) is 0. The van der Waals surface area contributed by atoms with E-state index in [4.69, 9.17) is 0 Å². The molecule has 4 heterocycles. The molecule has 1 amide bonds. The molecule has 2 aromatic rings. The van der Waals surface area contributed by atoms with Gasteiger partial charge < -0.3 is 15.2 Å². The van der Waals surface area contributed by atoms with Crippen molar-refractivity contribution in [3.8, 4) is 0 Å². The average molecular weight is 394 g/mol. The van der Waals surface area contributed by atoms with Crippen LogP contribution in [0.4, 0.5) is 0 Å². The van der Waals surface area contributed by atoms with E-state index in [0.29, 0.717) is 28.7 Å². The number of likely N-dealkylation sites (tertiary alicyclic amines) is 1. The molecule has 7 nitrogen and oxygen atoms in total. The maximum atomic E-state index is 13.1. The summed E-state index contributed by atoms with van der Waals surface area (Å²) in [4.78, 5) is 30.2. The number of aryl methyl sites for hydroxylation is 1. The van der Waals surface area contributed by atoms with Crippen molar-refractivity contribution in [2.75, 3.05) is 26.2 Å². The Balaban J connectivity index is 0.00000210. The number of rotatable bonds is 2. The van der Waals surface area contributed by atoms with Crippen LogP contribution in [0.25, 0.3) is 5.65 Å². The summed E-state index contributed by atoms with van der Waals surface area (Å²) in [6, 6.07) is 1.65. The molecule has 2 aliphatic heterocycles. The van der Waals surface area contributed by atoms with Gasteiger partial charge in [-0.2, -0.15) is 5.10 Å². The van der Waals surface area contributed by atoms with Crippen LogP contribution in [-0.4, -0.2) is 51.6 Å². The molecule has 0 bridgehead atoms. The summed E-state index contributed by atoms with van der Waals surface area (Å²) in [5.41, 5.74) is 2.54. The molecule has 148 valence electrons. The standard InChI is InChI=1S/C19H27N5O2.ClH/c1-12-5-9-23(10-6-12)19(26)17-13(2)22-24-15(11-16(25)21-18(17)24)14-3-7-20-8-4-14;/h11-12,14,20H,3-10H2,1-2H3,(H,21,25);1H. The van der Waals surface area contributed by atoms with Crippen molar-refractivity contribution >= 4 is 24.0 Å². The minimum atomic E-state index is -0.160. The van der Waals surface area contributed by atoms with Crippen molar-refractivity contribution in [3.05, 3.63) is 33.4 Å². The molecule has 27 heavy (non-hydrogen) atoms. The molecule has 8 heteroatoms. The number of carbonyl (C=O) groups is 1. The molecule has 0 aromatic carbocycles. The van der Waals surface area contributed by atoms with Gasteiger partial charge in [-0.25, -0.2) is 4.52 Å². The highest BCUT2D eigenvalue weighted by atomic mass is 35.5. The van der Waals surface area contributed by atoms with Gasteiger partial charge in [0, 0.05) is 25.1 Å². The zero-order chi connectivity index (χ0) is 18.3. The van der Waals surface area contributed by atoms with E-state index in [2.05, 4.69) is 22.3 Å². The fraction of sp³-hybridized carbons (Fsp3) is 0.632. The van der Waals surface area contributed by atoms with Gasteiger partial charge in [0.1, 0.15) is 11.2 Å². The van der Waals surface area contributed by atoms with Crippen LogP contribution in [0, 0.1) is 12.8 Å². The van der Waals surface area contributed by atoms with E-state index < -0.39 is 0 Å². The fourth-order valence-corrected chi connectivity index (χ4v) is 4.21. The Labute approximate surface area is 164 Å². The summed E-state index contributed by atoms with van der Waals surface area (Å²) < 4.78 is 1.80. The first-order valence-electron chi connectivity index (χ1n) is 9.67. The number of nitrogens with zero attached hydrogens (tertiary/aromatic N) is 3. The molecule has 0 atom stereocenters. The monoisotopic (exact) mass is 393 g/mol. The van der Waals surface area contributed by atoms with Crippen molar-refractivity contribution < 1.29 is 4.79 Å². The van der Waals surface area contributed by atoms with Gasteiger partial charge >= 0.3 is 0 Å². The van der Waals surface area contributed by atoms with Gasteiger partial charge in [-0.1, -0.05) is 6.92 Å². The van der Waals surface area contributed by atoms with Crippen LogP contribution in [0.2, 0.25) is 0 Å². The summed E-state index contributed by atoms with van der Waals surface area (Å²) in [5, 5.41) is 7.99. The molecular weight excluding hydrogens is 366 g/mol. The van der Waals surface area contributed by atoms with E-state index in [1.54, 1.807) is 10.6 Å². The molecule has 0 unspecified atom stereocenters. The van der Waals surface area contributed by atoms with E-state index in [1.807, 2.05) is 11.8 Å². The molecule has 0 aliphatic carbocycles.